The molecule has 0 spiro atoms. The second kappa shape index (κ2) is 4.49. The molecule has 0 aromatic carbocycles. The van der Waals surface area contributed by atoms with Crippen LogP contribution in [0.3, 0.4) is 0 Å². The summed E-state index contributed by atoms with van der Waals surface area (Å²) in [7, 11) is 0. The summed E-state index contributed by atoms with van der Waals surface area (Å²) >= 11 is 0. The van der Waals surface area contributed by atoms with Crippen LogP contribution in [0.15, 0.2) is 0 Å². The molecule has 2 rings (SSSR count). The van der Waals surface area contributed by atoms with Crippen LogP contribution in [0.4, 0.5) is 0 Å². The molecule has 2 N–H and O–H groups in total. The SMILES string of the molecule is CCOC1CC(N)(C(=O)N(CC)C2CC2)C1(C)C. The molecule has 0 saturated heterocycles. The van der Waals surface area contributed by atoms with Crippen LogP contribution in [0.5, 0.6) is 0 Å². The van der Waals surface area contributed by atoms with E-state index in [2.05, 4.69) is 13.8 Å². The van der Waals surface area contributed by atoms with E-state index in [9.17, 15) is 4.79 Å². The number of nitrogens with zero attached hydrogens (tertiary/aromatic N) is 1. The van der Waals surface area contributed by atoms with Crippen LogP contribution < -0.4 is 5.73 Å². The van der Waals surface area contributed by atoms with Crippen LogP contribution in [-0.2, 0) is 9.53 Å². The van der Waals surface area contributed by atoms with Gasteiger partial charge in [0.05, 0.1) is 6.10 Å². The zero-order valence-electron chi connectivity index (χ0n) is 12.0. The molecule has 0 aromatic rings. The average Bonchev–Trinajstić information content (AvgIpc) is 3.13. The highest BCUT2D eigenvalue weighted by Crippen LogP contribution is 2.51. The second-order valence-electron chi connectivity index (χ2n) is 6.16. The van der Waals surface area contributed by atoms with Gasteiger partial charge in [-0.25, -0.2) is 0 Å². The minimum atomic E-state index is -0.745. The van der Waals surface area contributed by atoms with Gasteiger partial charge in [-0.2, -0.15) is 0 Å². The zero-order chi connectivity index (χ0) is 13.6. The summed E-state index contributed by atoms with van der Waals surface area (Å²) in [5.41, 5.74) is 5.40. The molecule has 2 fully saturated rings. The summed E-state index contributed by atoms with van der Waals surface area (Å²) < 4.78 is 5.68. The molecule has 2 unspecified atom stereocenters. The van der Waals surface area contributed by atoms with Crippen molar-refractivity contribution < 1.29 is 9.53 Å². The van der Waals surface area contributed by atoms with Gasteiger partial charge in [0.1, 0.15) is 5.54 Å². The van der Waals surface area contributed by atoms with Crippen LogP contribution >= 0.6 is 0 Å². The lowest BCUT2D eigenvalue weighted by molar-refractivity contribution is -0.179. The van der Waals surface area contributed by atoms with E-state index in [1.807, 2.05) is 18.7 Å². The van der Waals surface area contributed by atoms with Crippen molar-refractivity contribution in [3.8, 4) is 0 Å². The maximum Gasteiger partial charge on any atom is 0.243 e. The van der Waals surface area contributed by atoms with Crippen LogP contribution in [0, 0.1) is 5.41 Å². The number of ether oxygens (including phenoxy) is 1. The Balaban J connectivity index is 2.10. The van der Waals surface area contributed by atoms with Gasteiger partial charge in [-0.05, 0) is 26.7 Å². The van der Waals surface area contributed by atoms with E-state index in [1.54, 1.807) is 0 Å². The van der Waals surface area contributed by atoms with Crippen LogP contribution in [-0.4, -0.2) is 41.6 Å². The Labute approximate surface area is 110 Å². The van der Waals surface area contributed by atoms with E-state index in [0.29, 0.717) is 19.1 Å². The Hall–Kier alpha value is -0.610. The molecule has 0 radical (unpaired) electrons. The van der Waals surface area contributed by atoms with E-state index < -0.39 is 5.54 Å². The predicted octanol–water partition coefficient (Wildman–Crippen LogP) is 1.53. The molecule has 0 aliphatic heterocycles. The molecule has 2 aliphatic rings. The second-order valence-corrected chi connectivity index (χ2v) is 6.16. The van der Waals surface area contributed by atoms with Gasteiger partial charge < -0.3 is 15.4 Å². The predicted molar refractivity (Wildman–Crippen MR) is 71.1 cm³/mol. The summed E-state index contributed by atoms with van der Waals surface area (Å²) in [5.74, 6) is 0.119. The number of nitrogens with two attached hydrogens (primary N) is 1. The van der Waals surface area contributed by atoms with Crippen molar-refractivity contribution in [2.75, 3.05) is 13.2 Å². The van der Waals surface area contributed by atoms with E-state index in [0.717, 1.165) is 19.4 Å². The van der Waals surface area contributed by atoms with Crippen molar-refractivity contribution in [2.45, 2.75) is 64.6 Å². The van der Waals surface area contributed by atoms with Crippen LogP contribution in [0.1, 0.15) is 47.0 Å². The van der Waals surface area contributed by atoms with Gasteiger partial charge in [0, 0.05) is 31.0 Å². The number of likely N-dealkylation sites (N-methyl/N-ethyl adjacent to an activating group) is 1. The first kappa shape index (κ1) is 13.8. The number of carbonyl (C=O) groups is 1. The zero-order valence-corrected chi connectivity index (χ0v) is 12.0. The first-order valence-electron chi connectivity index (χ1n) is 7.10. The quantitative estimate of drug-likeness (QED) is 0.809. The maximum atomic E-state index is 12.7. The fourth-order valence-corrected chi connectivity index (χ4v) is 3.01. The van der Waals surface area contributed by atoms with Crippen molar-refractivity contribution >= 4 is 5.91 Å². The first-order chi connectivity index (χ1) is 8.38. The normalized spacial score (nSPS) is 33.9. The monoisotopic (exact) mass is 254 g/mol. The van der Waals surface area contributed by atoms with Crippen molar-refractivity contribution in [3.63, 3.8) is 0 Å². The van der Waals surface area contributed by atoms with Gasteiger partial charge in [0.25, 0.3) is 0 Å². The van der Waals surface area contributed by atoms with Gasteiger partial charge in [-0.3, -0.25) is 4.79 Å². The molecule has 2 saturated carbocycles. The number of hydrogen-bond donors (Lipinski definition) is 1. The molecule has 4 nitrogen and oxygen atoms in total. The number of hydrogen-bond acceptors (Lipinski definition) is 3. The standard InChI is InChI=1S/C14H26N2O2/c1-5-16(10-7-8-10)12(17)14(15)9-11(18-6-2)13(14,3)4/h10-11H,5-9,15H2,1-4H3. The minimum absolute atomic E-state index is 0.106. The van der Waals surface area contributed by atoms with E-state index in [1.165, 1.54) is 0 Å². The third-order valence-corrected chi connectivity index (χ3v) is 4.80. The van der Waals surface area contributed by atoms with Gasteiger partial charge in [0.15, 0.2) is 0 Å². The van der Waals surface area contributed by atoms with E-state index >= 15 is 0 Å². The minimum Gasteiger partial charge on any atom is -0.378 e. The molecule has 0 bridgehead atoms. The summed E-state index contributed by atoms with van der Waals surface area (Å²) in [6.07, 6.45) is 3.01. The Bertz CT molecular complexity index is 339. The van der Waals surface area contributed by atoms with E-state index in [-0.39, 0.29) is 17.4 Å². The summed E-state index contributed by atoms with van der Waals surface area (Å²) in [5, 5.41) is 0. The highest BCUT2D eigenvalue weighted by atomic mass is 16.5. The maximum absolute atomic E-state index is 12.7. The van der Waals surface area contributed by atoms with E-state index in [4.69, 9.17) is 10.5 Å². The molecular formula is C14H26N2O2. The first-order valence-corrected chi connectivity index (χ1v) is 7.10. The topological polar surface area (TPSA) is 55.6 Å². The fourth-order valence-electron chi connectivity index (χ4n) is 3.01. The molecular weight excluding hydrogens is 228 g/mol. The third kappa shape index (κ3) is 1.86. The van der Waals surface area contributed by atoms with Gasteiger partial charge in [0.2, 0.25) is 5.91 Å². The highest BCUT2D eigenvalue weighted by molar-refractivity contribution is 5.89. The Morgan fingerprint density at radius 1 is 1.39 bits per heavy atom. The lowest BCUT2D eigenvalue weighted by atomic mass is 9.54. The van der Waals surface area contributed by atoms with Crippen molar-refractivity contribution in [1.82, 2.24) is 4.90 Å². The van der Waals surface area contributed by atoms with Gasteiger partial charge in [-0.15, -0.1) is 0 Å². The molecule has 1 amide bonds. The van der Waals surface area contributed by atoms with Crippen LogP contribution in [0.25, 0.3) is 0 Å². The summed E-state index contributed by atoms with van der Waals surface area (Å²) in [6.45, 7) is 9.56. The lowest BCUT2D eigenvalue weighted by Crippen LogP contribution is -2.76. The highest BCUT2D eigenvalue weighted by Gasteiger charge is 2.64. The lowest BCUT2D eigenvalue weighted by Gasteiger charge is -2.58. The van der Waals surface area contributed by atoms with Crippen molar-refractivity contribution in [3.05, 3.63) is 0 Å². The largest absolute Gasteiger partial charge is 0.378 e. The molecule has 4 heteroatoms. The fraction of sp³-hybridized carbons (Fsp3) is 0.929. The van der Waals surface area contributed by atoms with Gasteiger partial charge >= 0.3 is 0 Å². The molecule has 18 heavy (non-hydrogen) atoms. The summed E-state index contributed by atoms with van der Waals surface area (Å²) in [6, 6.07) is 0.435. The van der Waals surface area contributed by atoms with Gasteiger partial charge in [-0.1, -0.05) is 13.8 Å². The molecule has 104 valence electrons. The smallest absolute Gasteiger partial charge is 0.243 e. The average molecular weight is 254 g/mol. The van der Waals surface area contributed by atoms with Crippen molar-refractivity contribution in [2.24, 2.45) is 11.1 Å². The number of rotatable bonds is 5. The number of amides is 1. The Kier molecular flexibility index (Phi) is 3.45. The Morgan fingerprint density at radius 3 is 2.39 bits per heavy atom. The van der Waals surface area contributed by atoms with Crippen molar-refractivity contribution in [1.29, 1.82) is 0 Å². The number of carbonyl (C=O) groups excluding carboxylic acids is 1. The summed E-state index contributed by atoms with van der Waals surface area (Å²) in [4.78, 5) is 14.6. The molecule has 2 aliphatic carbocycles. The Morgan fingerprint density at radius 2 is 2.00 bits per heavy atom. The molecule has 0 heterocycles. The van der Waals surface area contributed by atoms with Crippen LogP contribution in [0.2, 0.25) is 0 Å². The molecule has 2 atom stereocenters. The molecule has 0 aromatic heterocycles. The third-order valence-electron chi connectivity index (χ3n) is 4.80.